The number of carboxylic acids is 1. The second-order valence-electron chi connectivity index (χ2n) is 6.78. The first-order valence-corrected chi connectivity index (χ1v) is 8.41. The highest BCUT2D eigenvalue weighted by atomic mass is 16.5. The van der Waals surface area contributed by atoms with Gasteiger partial charge in [0.2, 0.25) is 0 Å². The van der Waals surface area contributed by atoms with E-state index in [1.807, 2.05) is 0 Å². The molecule has 1 aliphatic heterocycles. The summed E-state index contributed by atoms with van der Waals surface area (Å²) in [6.07, 6.45) is 8.30. The van der Waals surface area contributed by atoms with Crippen molar-refractivity contribution in [2.24, 2.45) is 5.92 Å². The van der Waals surface area contributed by atoms with Crippen molar-refractivity contribution in [2.45, 2.75) is 69.1 Å². The van der Waals surface area contributed by atoms with Gasteiger partial charge in [0, 0.05) is 19.3 Å². The smallest absolute Gasteiger partial charge is 0.324 e. The van der Waals surface area contributed by atoms with E-state index < -0.39 is 11.5 Å². The molecule has 0 bridgehead atoms. The van der Waals surface area contributed by atoms with Crippen molar-refractivity contribution in [1.29, 1.82) is 0 Å². The molecule has 2 saturated carbocycles. The molecule has 3 unspecified atom stereocenters. The fraction of sp³-hybridized carbons (Fsp3) is 0.938. The van der Waals surface area contributed by atoms with Crippen LogP contribution >= 0.6 is 0 Å². The third-order valence-electron chi connectivity index (χ3n) is 5.18. The Bertz CT molecular complexity index is 365. The summed E-state index contributed by atoms with van der Waals surface area (Å²) in [5, 5.41) is 13.1. The van der Waals surface area contributed by atoms with Gasteiger partial charge >= 0.3 is 5.97 Å². The lowest BCUT2D eigenvalue weighted by molar-refractivity contribution is -0.147. The number of hydrogen-bond acceptors (Lipinski definition) is 4. The Morgan fingerprint density at radius 2 is 2.14 bits per heavy atom. The monoisotopic (exact) mass is 297 g/mol. The van der Waals surface area contributed by atoms with Crippen molar-refractivity contribution >= 4 is 5.97 Å². The molecule has 1 heterocycles. The minimum absolute atomic E-state index is 0.195. The van der Waals surface area contributed by atoms with Crippen LogP contribution in [0.25, 0.3) is 0 Å². The molecule has 5 nitrogen and oxygen atoms in total. The predicted molar refractivity (Wildman–Crippen MR) is 78.3 cm³/mol. The number of nitrogens with one attached hydrogen (secondary N) is 1. The molecule has 120 valence electrons. The van der Waals surface area contributed by atoms with E-state index >= 15 is 0 Å². The van der Waals surface area contributed by atoms with Crippen LogP contribution in [0.5, 0.6) is 0 Å². The van der Waals surface area contributed by atoms with Crippen LogP contribution in [-0.4, -0.2) is 48.6 Å². The van der Waals surface area contributed by atoms with E-state index in [1.54, 1.807) is 0 Å². The van der Waals surface area contributed by atoms with Crippen molar-refractivity contribution in [3.63, 3.8) is 0 Å². The first-order valence-electron chi connectivity index (χ1n) is 8.41. The van der Waals surface area contributed by atoms with Gasteiger partial charge in [0.25, 0.3) is 0 Å². The van der Waals surface area contributed by atoms with Crippen molar-refractivity contribution in [2.75, 3.05) is 19.8 Å². The molecule has 0 aromatic heterocycles. The second-order valence-corrected chi connectivity index (χ2v) is 6.78. The number of carboxylic acid groups (broad SMARTS) is 1. The molecule has 1 saturated heterocycles. The normalized spacial score (nSPS) is 36.2. The van der Waals surface area contributed by atoms with Crippen LogP contribution in [0.15, 0.2) is 0 Å². The maximum absolute atomic E-state index is 11.8. The van der Waals surface area contributed by atoms with Crippen LogP contribution in [0.1, 0.15) is 51.4 Å². The minimum atomic E-state index is -0.700. The molecule has 3 atom stereocenters. The first kappa shape index (κ1) is 15.3. The quantitative estimate of drug-likeness (QED) is 0.670. The number of ether oxygens (including phenoxy) is 2. The van der Waals surface area contributed by atoms with Gasteiger partial charge in [-0.15, -0.1) is 0 Å². The van der Waals surface area contributed by atoms with Crippen molar-refractivity contribution < 1.29 is 19.4 Å². The minimum Gasteiger partial charge on any atom is -0.480 e. The van der Waals surface area contributed by atoms with Crippen LogP contribution in [0.2, 0.25) is 0 Å². The fourth-order valence-corrected chi connectivity index (χ4v) is 3.81. The van der Waals surface area contributed by atoms with Gasteiger partial charge in [-0.1, -0.05) is 6.42 Å². The summed E-state index contributed by atoms with van der Waals surface area (Å²) in [5.41, 5.74) is -0.700. The maximum Gasteiger partial charge on any atom is 0.324 e. The summed E-state index contributed by atoms with van der Waals surface area (Å²) in [7, 11) is 0. The second kappa shape index (κ2) is 6.63. The summed E-state index contributed by atoms with van der Waals surface area (Å²) in [6.45, 7) is 2.15. The van der Waals surface area contributed by atoms with Crippen molar-refractivity contribution in [1.82, 2.24) is 5.32 Å². The van der Waals surface area contributed by atoms with Gasteiger partial charge in [0.1, 0.15) is 5.54 Å². The van der Waals surface area contributed by atoms with Crippen molar-refractivity contribution in [3.05, 3.63) is 0 Å². The van der Waals surface area contributed by atoms with E-state index in [0.717, 1.165) is 58.0 Å². The Balaban J connectivity index is 1.46. The molecule has 0 spiro atoms. The average Bonchev–Trinajstić information content (AvgIpc) is 2.97. The Morgan fingerprint density at radius 3 is 2.81 bits per heavy atom. The van der Waals surface area contributed by atoms with Gasteiger partial charge in [-0.2, -0.15) is 0 Å². The average molecular weight is 297 g/mol. The van der Waals surface area contributed by atoms with E-state index in [0.29, 0.717) is 19.3 Å². The Morgan fingerprint density at radius 1 is 1.29 bits per heavy atom. The Kier molecular flexibility index (Phi) is 4.82. The van der Waals surface area contributed by atoms with Gasteiger partial charge in [0.15, 0.2) is 0 Å². The Labute approximate surface area is 126 Å². The molecule has 0 radical (unpaired) electrons. The standard InChI is InChI=1S/C16H27NO4/c18-15(19)16(17-13-5-6-13)8-1-3-12(16)7-10-20-11-14-4-2-9-21-14/h12-14,17H,1-11H2,(H,18,19). The number of hydrogen-bond donors (Lipinski definition) is 2. The van der Waals surface area contributed by atoms with E-state index in [9.17, 15) is 9.90 Å². The van der Waals surface area contributed by atoms with E-state index in [2.05, 4.69) is 5.32 Å². The highest BCUT2D eigenvalue weighted by Gasteiger charge is 2.51. The highest BCUT2D eigenvalue weighted by molar-refractivity contribution is 5.80. The largest absolute Gasteiger partial charge is 0.480 e. The fourth-order valence-electron chi connectivity index (χ4n) is 3.81. The van der Waals surface area contributed by atoms with E-state index in [1.165, 1.54) is 0 Å². The van der Waals surface area contributed by atoms with Crippen LogP contribution in [0.4, 0.5) is 0 Å². The Hall–Kier alpha value is -0.650. The van der Waals surface area contributed by atoms with Gasteiger partial charge < -0.3 is 14.6 Å². The van der Waals surface area contributed by atoms with E-state index in [4.69, 9.17) is 9.47 Å². The molecular formula is C16H27NO4. The maximum atomic E-state index is 11.8. The SMILES string of the molecule is O=C(O)C1(NC2CC2)CCCC1CCOCC1CCCO1. The van der Waals surface area contributed by atoms with E-state index in [-0.39, 0.29) is 12.0 Å². The van der Waals surface area contributed by atoms with Crippen LogP contribution in [-0.2, 0) is 14.3 Å². The zero-order valence-electron chi connectivity index (χ0n) is 12.7. The lowest BCUT2D eigenvalue weighted by Gasteiger charge is -2.32. The molecule has 0 aromatic rings. The molecule has 3 fully saturated rings. The number of rotatable bonds is 8. The van der Waals surface area contributed by atoms with Crippen LogP contribution in [0.3, 0.4) is 0 Å². The first-order chi connectivity index (χ1) is 10.2. The lowest BCUT2D eigenvalue weighted by atomic mass is 9.84. The third-order valence-corrected chi connectivity index (χ3v) is 5.18. The summed E-state index contributed by atoms with van der Waals surface area (Å²) in [5.74, 6) is -0.476. The summed E-state index contributed by atoms with van der Waals surface area (Å²) >= 11 is 0. The zero-order chi connectivity index (χ0) is 14.7. The lowest BCUT2D eigenvalue weighted by Crippen LogP contribution is -2.55. The van der Waals surface area contributed by atoms with Crippen LogP contribution in [0, 0.1) is 5.92 Å². The molecule has 5 heteroatoms. The van der Waals surface area contributed by atoms with Crippen LogP contribution < -0.4 is 5.32 Å². The summed E-state index contributed by atoms with van der Waals surface area (Å²) < 4.78 is 11.3. The van der Waals surface area contributed by atoms with Gasteiger partial charge in [0.05, 0.1) is 12.7 Å². The van der Waals surface area contributed by atoms with Gasteiger partial charge in [-0.3, -0.25) is 10.1 Å². The molecule has 2 aliphatic carbocycles. The number of aliphatic carboxylic acids is 1. The van der Waals surface area contributed by atoms with Crippen molar-refractivity contribution in [3.8, 4) is 0 Å². The molecule has 0 amide bonds. The molecule has 21 heavy (non-hydrogen) atoms. The molecule has 2 N–H and O–H groups in total. The zero-order valence-corrected chi connectivity index (χ0v) is 12.7. The molecule has 3 rings (SSSR count). The summed E-state index contributed by atoms with van der Waals surface area (Å²) in [6, 6.07) is 0.425. The number of carbonyl (C=O) groups is 1. The van der Waals surface area contributed by atoms with Gasteiger partial charge in [-0.05, 0) is 50.9 Å². The molecular weight excluding hydrogens is 270 g/mol. The molecule has 3 aliphatic rings. The summed E-state index contributed by atoms with van der Waals surface area (Å²) in [4.78, 5) is 11.8. The predicted octanol–water partition coefficient (Wildman–Crippen LogP) is 1.95. The highest BCUT2D eigenvalue weighted by Crippen LogP contribution is 2.40. The van der Waals surface area contributed by atoms with Gasteiger partial charge in [-0.25, -0.2) is 0 Å². The molecule has 0 aromatic carbocycles. The topological polar surface area (TPSA) is 67.8 Å². The third kappa shape index (κ3) is 3.58.